The summed E-state index contributed by atoms with van der Waals surface area (Å²) >= 11 is 0. The van der Waals surface area contributed by atoms with Crippen LogP contribution >= 0.6 is 0 Å². The van der Waals surface area contributed by atoms with Gasteiger partial charge in [-0.25, -0.2) is 14.4 Å². The van der Waals surface area contributed by atoms with Crippen molar-refractivity contribution >= 4 is 30.1 Å². The van der Waals surface area contributed by atoms with Crippen LogP contribution in [0.1, 0.15) is 0 Å². The third-order valence-electron chi connectivity index (χ3n) is 1.27. The van der Waals surface area contributed by atoms with E-state index in [0.717, 1.165) is 6.08 Å². The zero-order valence-corrected chi connectivity index (χ0v) is 8.97. The Bertz CT molecular complexity index is 421. The molecule has 0 aliphatic carbocycles. The van der Waals surface area contributed by atoms with Gasteiger partial charge in [-0.1, -0.05) is 0 Å². The molecule has 0 bridgehead atoms. The van der Waals surface area contributed by atoms with Crippen molar-refractivity contribution in [3.8, 4) is 0 Å². The van der Waals surface area contributed by atoms with E-state index in [9.17, 15) is 24.0 Å². The van der Waals surface area contributed by atoms with E-state index < -0.39 is 31.1 Å². The van der Waals surface area contributed by atoms with Crippen LogP contribution in [0.3, 0.4) is 0 Å². The Hall–Kier alpha value is -2.83. The predicted molar refractivity (Wildman–Crippen MR) is 53.6 cm³/mol. The summed E-state index contributed by atoms with van der Waals surface area (Å²) < 4.78 is 4.34. The first kappa shape index (κ1) is 15.2. The van der Waals surface area contributed by atoms with Gasteiger partial charge in [0.2, 0.25) is 18.1 Å². The highest BCUT2D eigenvalue weighted by atomic mass is 16.6. The van der Waals surface area contributed by atoms with Gasteiger partial charge in [0, 0.05) is 0 Å². The number of nitrogens with one attached hydrogen (secondary N) is 2. The zero-order valence-electron chi connectivity index (χ0n) is 8.97. The molecule has 0 radical (unpaired) electrons. The first-order valence-corrected chi connectivity index (χ1v) is 4.40. The number of imide groups is 1. The Morgan fingerprint density at radius 2 is 1.72 bits per heavy atom. The fourth-order valence-corrected chi connectivity index (χ4v) is 0.654. The van der Waals surface area contributed by atoms with E-state index in [0.29, 0.717) is 0 Å². The van der Waals surface area contributed by atoms with Gasteiger partial charge in [-0.3, -0.25) is 14.9 Å². The summed E-state index contributed by atoms with van der Waals surface area (Å²) in [6, 6.07) is 0. The van der Waals surface area contributed by atoms with Crippen molar-refractivity contribution in [2.24, 2.45) is 9.98 Å². The fourth-order valence-electron chi connectivity index (χ4n) is 0.654. The lowest BCUT2D eigenvalue weighted by atomic mass is 10.5. The molecule has 0 fully saturated rings. The average Bonchev–Trinajstić information content (AvgIpc) is 2.34. The van der Waals surface area contributed by atoms with Gasteiger partial charge in [0.15, 0.2) is 6.61 Å². The molecule has 0 aliphatic rings. The van der Waals surface area contributed by atoms with Crippen LogP contribution in [0.5, 0.6) is 0 Å². The summed E-state index contributed by atoms with van der Waals surface area (Å²) in [4.78, 5) is 57.9. The van der Waals surface area contributed by atoms with Gasteiger partial charge in [0.1, 0.15) is 13.2 Å². The molecule has 0 unspecified atom stereocenters. The molecule has 0 aromatic carbocycles. The molecule has 0 rings (SSSR count). The van der Waals surface area contributed by atoms with Gasteiger partial charge >= 0.3 is 6.09 Å². The number of amides is 3. The number of carbonyl (C=O) groups excluding carboxylic acids is 5. The highest BCUT2D eigenvalue weighted by molar-refractivity contribution is 5.97. The number of carbonyl (C=O) groups is 3. The van der Waals surface area contributed by atoms with E-state index in [2.05, 4.69) is 14.7 Å². The molecule has 0 saturated carbocycles. The topological polar surface area (TPSA) is 143 Å². The van der Waals surface area contributed by atoms with Crippen molar-refractivity contribution in [2.75, 3.05) is 19.8 Å². The summed E-state index contributed by atoms with van der Waals surface area (Å²) in [5, 5.41) is 3.80. The van der Waals surface area contributed by atoms with E-state index in [4.69, 9.17) is 0 Å². The summed E-state index contributed by atoms with van der Waals surface area (Å²) in [5.41, 5.74) is 0. The maximum Gasteiger partial charge on any atom is 0.409 e. The Balaban J connectivity index is 3.82. The van der Waals surface area contributed by atoms with Crippen LogP contribution in [0.15, 0.2) is 9.98 Å². The smallest absolute Gasteiger partial charge is 0.409 e. The first-order valence-electron chi connectivity index (χ1n) is 4.40. The number of ether oxygens (including phenoxy) is 1. The van der Waals surface area contributed by atoms with Crippen LogP contribution in [0.25, 0.3) is 0 Å². The molecule has 96 valence electrons. The number of aliphatic imine (C=N–C) groups is 2. The van der Waals surface area contributed by atoms with E-state index in [-0.39, 0.29) is 6.67 Å². The van der Waals surface area contributed by atoms with Crippen molar-refractivity contribution in [2.45, 2.75) is 0 Å². The average molecular weight is 256 g/mol. The van der Waals surface area contributed by atoms with Crippen LogP contribution in [-0.4, -0.2) is 49.9 Å². The minimum absolute atomic E-state index is 0.336. The quantitative estimate of drug-likeness (QED) is 0.415. The standard InChI is InChI=1S/C8H8N4O6/c13-4-9-1-6(15)12-7(16)2-18-8(17)11-3-10-5-14/h1-3H2,(H,11,17)(H,12,15,16). The third-order valence-corrected chi connectivity index (χ3v) is 1.27. The molecule has 2 N–H and O–H groups in total. The van der Waals surface area contributed by atoms with Gasteiger partial charge in [-0.15, -0.1) is 0 Å². The molecule has 0 heterocycles. The summed E-state index contributed by atoms with van der Waals surface area (Å²) in [6.45, 7) is -1.60. The maximum atomic E-state index is 11.0. The number of alkyl carbamates (subject to hydrolysis) is 1. The second-order valence-corrected chi connectivity index (χ2v) is 2.54. The van der Waals surface area contributed by atoms with Gasteiger partial charge in [-0.2, -0.15) is 9.98 Å². The molecule has 0 aromatic heterocycles. The predicted octanol–water partition coefficient (Wildman–Crippen LogP) is -2.02. The van der Waals surface area contributed by atoms with Crippen LogP contribution in [-0.2, 0) is 23.9 Å². The minimum Gasteiger partial charge on any atom is -0.439 e. The van der Waals surface area contributed by atoms with Crippen LogP contribution < -0.4 is 10.6 Å². The Morgan fingerprint density at radius 3 is 2.33 bits per heavy atom. The van der Waals surface area contributed by atoms with Gasteiger partial charge in [0.05, 0.1) is 0 Å². The molecule has 0 spiro atoms. The monoisotopic (exact) mass is 256 g/mol. The van der Waals surface area contributed by atoms with Gasteiger partial charge in [0.25, 0.3) is 5.91 Å². The van der Waals surface area contributed by atoms with Crippen LogP contribution in [0, 0.1) is 0 Å². The molecule has 0 aliphatic heterocycles. The molecule has 0 atom stereocenters. The van der Waals surface area contributed by atoms with Crippen LogP contribution in [0.4, 0.5) is 4.79 Å². The third kappa shape index (κ3) is 8.48. The highest BCUT2D eigenvalue weighted by Gasteiger charge is 2.09. The Morgan fingerprint density at radius 1 is 1.06 bits per heavy atom. The van der Waals surface area contributed by atoms with E-state index in [1.807, 2.05) is 5.32 Å². The van der Waals surface area contributed by atoms with Crippen molar-refractivity contribution < 1.29 is 28.7 Å². The number of hydrogen-bond donors (Lipinski definition) is 2. The molecule has 0 aromatic rings. The Labute approximate surface area is 100 Å². The second-order valence-electron chi connectivity index (χ2n) is 2.54. The second kappa shape index (κ2) is 9.40. The summed E-state index contributed by atoms with van der Waals surface area (Å²) in [6.07, 6.45) is 1.29. The van der Waals surface area contributed by atoms with Crippen molar-refractivity contribution in [3.05, 3.63) is 0 Å². The Kier molecular flexibility index (Phi) is 7.92. The molecule has 3 amide bonds. The molecule has 18 heavy (non-hydrogen) atoms. The minimum atomic E-state index is -0.998. The normalized spacial score (nSPS) is 8.22. The number of hydrogen-bond acceptors (Lipinski definition) is 8. The fraction of sp³-hybridized carbons (Fsp3) is 0.375. The number of rotatable bonds is 6. The van der Waals surface area contributed by atoms with Gasteiger partial charge in [-0.05, 0) is 0 Å². The van der Waals surface area contributed by atoms with E-state index in [1.54, 1.807) is 5.32 Å². The van der Waals surface area contributed by atoms with Crippen molar-refractivity contribution in [1.82, 2.24) is 10.6 Å². The van der Waals surface area contributed by atoms with Crippen molar-refractivity contribution in [1.29, 1.82) is 0 Å². The van der Waals surface area contributed by atoms with E-state index >= 15 is 0 Å². The largest absolute Gasteiger partial charge is 0.439 e. The van der Waals surface area contributed by atoms with Crippen LogP contribution in [0.2, 0.25) is 0 Å². The molecule has 0 saturated heterocycles. The first-order chi connectivity index (χ1) is 8.60. The zero-order chi connectivity index (χ0) is 13.8. The lowest BCUT2D eigenvalue weighted by Gasteiger charge is -2.04. The van der Waals surface area contributed by atoms with Gasteiger partial charge < -0.3 is 10.1 Å². The SMILES string of the molecule is O=C=NCNC(=O)OCC(=O)NC(=O)CN=C=O. The lowest BCUT2D eigenvalue weighted by Crippen LogP contribution is -2.37. The summed E-state index contributed by atoms with van der Waals surface area (Å²) in [7, 11) is 0. The number of isocyanates is 2. The van der Waals surface area contributed by atoms with Crippen molar-refractivity contribution in [3.63, 3.8) is 0 Å². The molecular weight excluding hydrogens is 248 g/mol. The molecular formula is C8H8N4O6. The number of nitrogens with zero attached hydrogens (tertiary/aromatic N) is 2. The maximum absolute atomic E-state index is 11.0. The highest BCUT2D eigenvalue weighted by Crippen LogP contribution is 1.79. The molecule has 10 nitrogen and oxygen atoms in total. The van der Waals surface area contributed by atoms with E-state index in [1.165, 1.54) is 6.08 Å². The summed E-state index contributed by atoms with van der Waals surface area (Å²) in [5.74, 6) is -1.73. The lowest BCUT2D eigenvalue weighted by molar-refractivity contribution is -0.131. The molecule has 10 heteroatoms.